The van der Waals surface area contributed by atoms with Gasteiger partial charge in [-0.1, -0.05) is 59.7 Å². The molecule has 0 aliphatic heterocycles. The van der Waals surface area contributed by atoms with Crippen molar-refractivity contribution in [1.82, 2.24) is 58.7 Å². The monoisotopic (exact) mass is 1350 g/mol. The fourth-order valence-corrected chi connectivity index (χ4v) is 8.94. The van der Waals surface area contributed by atoms with Crippen LogP contribution in [0, 0.1) is 24.4 Å². The molecule has 0 saturated heterocycles. The molecule has 6 N–H and O–H groups in total. The molecule has 9 rings (SSSR count). The average Bonchev–Trinajstić information content (AvgIpc) is 1.85. The first kappa shape index (κ1) is 75.1. The third-order valence-electron chi connectivity index (χ3n) is 13.4. The number of alkyl halides is 15. The highest BCUT2D eigenvalue weighted by atomic mass is 19.4. The first-order valence-electron chi connectivity index (χ1n) is 27.7. The van der Waals surface area contributed by atoms with Crippen molar-refractivity contribution in [3.05, 3.63) is 160 Å². The lowest BCUT2D eigenvalue weighted by molar-refractivity contribution is -0.141. The van der Waals surface area contributed by atoms with E-state index in [2.05, 4.69) is 61.2 Å². The van der Waals surface area contributed by atoms with Crippen molar-refractivity contribution in [2.45, 2.75) is 155 Å². The molecule has 0 fully saturated rings. The minimum absolute atomic E-state index is 0.133. The fourth-order valence-electron chi connectivity index (χ4n) is 8.94. The Morgan fingerprint density at radius 3 is 0.957 bits per heavy atom. The van der Waals surface area contributed by atoms with Gasteiger partial charge in [-0.05, 0) is 101 Å². The standard InChI is InChI=1S/C19H21F4N5O.2C17H14F7N5O.2C2H6/c1-4-18(29,5-2)16(12-6-7-13(14(20)9-12)19(21,22)23)27-15-8-11(3)26-17-24-10-25-28(15)17;2*1-15(2,30)13(8-3-4-9(10(18)5-8)16(19,20)21)28-12-6-11(17(22,23)24)27-14-25-7-26-29(12)14;2*1-2/h6-10,16,27,29H,4-5H2,1-3H3;2*3-7,13,28,30H,1-2H3;2*1-2H3. The van der Waals surface area contributed by atoms with Crippen LogP contribution in [0.15, 0.2) is 91.8 Å². The van der Waals surface area contributed by atoms with E-state index in [0.717, 1.165) is 39.9 Å². The van der Waals surface area contributed by atoms with Gasteiger partial charge in [0.25, 0.3) is 17.3 Å². The van der Waals surface area contributed by atoms with E-state index in [1.807, 2.05) is 27.7 Å². The lowest BCUT2D eigenvalue weighted by Gasteiger charge is -2.36. The summed E-state index contributed by atoms with van der Waals surface area (Å²) >= 11 is 0. The molecule has 36 heteroatoms. The van der Waals surface area contributed by atoms with E-state index in [9.17, 15) is 94.3 Å². The SMILES string of the molecule is CC.CC.CC(C)(O)C(Nc1cc(C(F)(F)F)nc2ncnn12)c1ccc(C(F)(F)F)c(F)c1.CC(C)(O)C(Nc1cc(C(F)(F)F)nc2ncnn12)c1ccc(C(F)(F)F)c(F)c1.CCC(O)(CC)C(Nc1cc(C)nc2ncnn12)c1ccc(C(F)(F)F)c(F)c1. The summed E-state index contributed by atoms with van der Waals surface area (Å²) in [5.41, 5.74) is -11.3. The zero-order chi connectivity index (χ0) is 70.4. The van der Waals surface area contributed by atoms with Crippen molar-refractivity contribution in [2.24, 2.45) is 0 Å². The Kier molecular flexibility index (Phi) is 23.1. The predicted molar refractivity (Wildman–Crippen MR) is 301 cm³/mol. The van der Waals surface area contributed by atoms with Crippen molar-refractivity contribution >= 4 is 34.8 Å². The van der Waals surface area contributed by atoms with E-state index in [4.69, 9.17) is 0 Å². The molecule has 0 amide bonds. The van der Waals surface area contributed by atoms with Crippen LogP contribution in [0.5, 0.6) is 0 Å². The van der Waals surface area contributed by atoms with Crippen molar-refractivity contribution in [3.63, 3.8) is 0 Å². The molecule has 3 aromatic carbocycles. The van der Waals surface area contributed by atoms with Crippen LogP contribution in [-0.4, -0.2) is 90.9 Å². The Morgan fingerprint density at radius 2 is 0.688 bits per heavy atom. The van der Waals surface area contributed by atoms with E-state index < -0.39 is 123 Å². The predicted octanol–water partition coefficient (Wildman–Crippen LogP) is 14.8. The van der Waals surface area contributed by atoms with Gasteiger partial charge in [-0.25, -0.2) is 28.1 Å². The molecule has 0 bridgehead atoms. The van der Waals surface area contributed by atoms with Crippen LogP contribution in [0.2, 0.25) is 0 Å². The van der Waals surface area contributed by atoms with E-state index >= 15 is 0 Å². The molecule has 0 aliphatic carbocycles. The summed E-state index contributed by atoms with van der Waals surface area (Å²) in [6, 6.07) is 5.95. The van der Waals surface area contributed by atoms with Crippen molar-refractivity contribution < 1.29 is 94.3 Å². The molecule has 0 spiro atoms. The van der Waals surface area contributed by atoms with Crippen molar-refractivity contribution in [1.29, 1.82) is 0 Å². The Bertz CT molecular complexity index is 3790. The molecule has 3 atom stereocenters. The quantitative estimate of drug-likeness (QED) is 0.0557. The number of hydrogen-bond acceptors (Lipinski definition) is 15. The Balaban J connectivity index is 0.000000246. The minimum atomic E-state index is -4.93. The Morgan fingerprint density at radius 1 is 0.409 bits per heavy atom. The van der Waals surface area contributed by atoms with Gasteiger partial charge in [-0.3, -0.25) is 0 Å². The lowest BCUT2D eigenvalue weighted by Crippen LogP contribution is -2.40. The van der Waals surface area contributed by atoms with Gasteiger partial charge in [0.1, 0.15) is 53.9 Å². The van der Waals surface area contributed by atoms with Gasteiger partial charge in [-0.2, -0.15) is 110 Å². The zero-order valence-electron chi connectivity index (χ0n) is 50.8. The van der Waals surface area contributed by atoms with E-state index in [0.29, 0.717) is 59.8 Å². The smallest absolute Gasteiger partial charge is 0.388 e. The van der Waals surface area contributed by atoms with Crippen LogP contribution in [0.25, 0.3) is 17.3 Å². The highest BCUT2D eigenvalue weighted by Crippen LogP contribution is 2.42. The largest absolute Gasteiger partial charge is 0.433 e. The van der Waals surface area contributed by atoms with E-state index in [1.54, 1.807) is 26.8 Å². The van der Waals surface area contributed by atoms with Crippen LogP contribution in [0.3, 0.4) is 0 Å². The summed E-state index contributed by atoms with van der Waals surface area (Å²) in [4.78, 5) is 22.1. The molecule has 508 valence electrons. The molecule has 0 saturated carbocycles. The van der Waals surface area contributed by atoms with Gasteiger partial charge in [-0.15, -0.1) is 0 Å². The molecule has 0 aliphatic rings. The summed E-state index contributed by atoms with van der Waals surface area (Å²) in [7, 11) is 0. The number of aryl methyl sites for hydroxylation is 1. The molecule has 93 heavy (non-hydrogen) atoms. The zero-order valence-corrected chi connectivity index (χ0v) is 50.8. The second-order valence-corrected chi connectivity index (χ2v) is 20.8. The number of aliphatic hydroxyl groups is 3. The molecule has 3 unspecified atom stereocenters. The number of nitrogens with one attached hydrogen (secondary N) is 3. The normalized spacial score (nSPS) is 13.5. The number of rotatable bonds is 14. The molecule has 6 heterocycles. The molecule has 9 aromatic rings. The first-order chi connectivity index (χ1) is 42.9. The number of nitrogens with zero attached hydrogens (tertiary/aromatic N) is 12. The van der Waals surface area contributed by atoms with Crippen molar-refractivity contribution in [3.8, 4) is 0 Å². The van der Waals surface area contributed by atoms with Crippen LogP contribution in [0.1, 0.15) is 151 Å². The van der Waals surface area contributed by atoms with E-state index in [1.165, 1.54) is 44.6 Å². The summed E-state index contributed by atoms with van der Waals surface area (Å²) in [6.07, 6.45) is -20.5. The average molecular weight is 1350 g/mol. The summed E-state index contributed by atoms with van der Waals surface area (Å²) in [6.45, 7) is 18.3. The molecular weight excluding hydrogens is 1280 g/mol. The van der Waals surface area contributed by atoms with Gasteiger partial charge < -0.3 is 31.3 Å². The molecule has 0 radical (unpaired) electrons. The third kappa shape index (κ3) is 18.1. The minimum Gasteiger partial charge on any atom is -0.388 e. The van der Waals surface area contributed by atoms with Crippen LogP contribution in [0.4, 0.5) is 96.5 Å². The first-order valence-corrected chi connectivity index (χ1v) is 27.7. The van der Waals surface area contributed by atoms with Crippen LogP contribution < -0.4 is 16.0 Å². The topological polar surface area (TPSA) is 226 Å². The number of benzene rings is 3. The number of anilines is 3. The number of halogens is 18. The number of hydrogen-bond donors (Lipinski definition) is 6. The van der Waals surface area contributed by atoms with Crippen molar-refractivity contribution in [2.75, 3.05) is 16.0 Å². The number of fused-ring (bicyclic) bond motifs is 3. The maximum Gasteiger partial charge on any atom is 0.433 e. The summed E-state index contributed by atoms with van der Waals surface area (Å²) in [5.74, 6) is -5.25. The Labute approximate surface area is 517 Å². The molecular formula is C57H61F18N15O3. The van der Waals surface area contributed by atoms with E-state index in [-0.39, 0.29) is 41.2 Å². The van der Waals surface area contributed by atoms with Gasteiger partial charge in [0.2, 0.25) is 0 Å². The number of aromatic nitrogens is 12. The summed E-state index contributed by atoms with van der Waals surface area (Å²) < 4.78 is 240. The van der Waals surface area contributed by atoms with Gasteiger partial charge in [0.15, 0.2) is 11.4 Å². The van der Waals surface area contributed by atoms with Gasteiger partial charge in [0, 0.05) is 23.9 Å². The molecule has 6 aromatic heterocycles. The van der Waals surface area contributed by atoms with Gasteiger partial charge >= 0.3 is 30.9 Å². The second kappa shape index (κ2) is 28.7. The van der Waals surface area contributed by atoms with Crippen LogP contribution >= 0.6 is 0 Å². The summed E-state index contributed by atoms with van der Waals surface area (Å²) in [5, 5.41) is 51.9. The third-order valence-corrected chi connectivity index (χ3v) is 13.4. The maximum atomic E-state index is 14.2. The highest BCUT2D eigenvalue weighted by Gasteiger charge is 2.42. The fraction of sp³-hybridized carbons (Fsp3) is 0.421. The highest BCUT2D eigenvalue weighted by molar-refractivity contribution is 5.51. The molecule has 18 nitrogen and oxygen atoms in total. The van der Waals surface area contributed by atoms with Crippen LogP contribution in [-0.2, 0) is 30.9 Å². The second-order valence-electron chi connectivity index (χ2n) is 20.8. The lowest BCUT2D eigenvalue weighted by atomic mass is 9.83. The van der Waals surface area contributed by atoms with Gasteiger partial charge in [0.05, 0.1) is 51.6 Å². The maximum absolute atomic E-state index is 14.2. The Hall–Kier alpha value is -8.67.